The van der Waals surface area contributed by atoms with E-state index in [4.69, 9.17) is 5.11 Å². The SMILES string of the molecule is C[C@@H](CC(=O)N1CCC[C@H](CCC(=O)O)C1)c1ccccc1. The zero-order valence-electron chi connectivity index (χ0n) is 13.2. The first-order chi connectivity index (χ1) is 10.6. The van der Waals surface area contributed by atoms with Gasteiger partial charge in [0.05, 0.1) is 0 Å². The van der Waals surface area contributed by atoms with E-state index in [-0.39, 0.29) is 18.2 Å². The second kappa shape index (κ2) is 7.97. The Hall–Kier alpha value is -1.84. The number of amides is 1. The van der Waals surface area contributed by atoms with Crippen molar-refractivity contribution in [1.82, 2.24) is 4.90 Å². The Morgan fingerprint density at radius 3 is 2.73 bits per heavy atom. The first kappa shape index (κ1) is 16.5. The van der Waals surface area contributed by atoms with Gasteiger partial charge < -0.3 is 10.0 Å². The van der Waals surface area contributed by atoms with Crippen molar-refractivity contribution < 1.29 is 14.7 Å². The molecule has 1 aromatic rings. The quantitative estimate of drug-likeness (QED) is 0.877. The van der Waals surface area contributed by atoms with E-state index < -0.39 is 5.97 Å². The van der Waals surface area contributed by atoms with E-state index in [9.17, 15) is 9.59 Å². The fraction of sp³-hybridized carbons (Fsp3) is 0.556. The summed E-state index contributed by atoms with van der Waals surface area (Å²) in [5.74, 6) is -0.00791. The van der Waals surface area contributed by atoms with Crippen molar-refractivity contribution in [2.45, 2.75) is 44.9 Å². The molecule has 0 spiro atoms. The third-order valence-corrected chi connectivity index (χ3v) is 4.49. The Kier molecular flexibility index (Phi) is 5.99. The van der Waals surface area contributed by atoms with E-state index in [1.54, 1.807) is 0 Å². The molecule has 1 aliphatic heterocycles. The molecule has 4 nitrogen and oxygen atoms in total. The van der Waals surface area contributed by atoms with E-state index in [2.05, 4.69) is 19.1 Å². The summed E-state index contributed by atoms with van der Waals surface area (Å²) in [6, 6.07) is 10.1. The number of piperidine rings is 1. The van der Waals surface area contributed by atoms with Crippen molar-refractivity contribution in [2.24, 2.45) is 5.92 Å². The predicted molar refractivity (Wildman–Crippen MR) is 85.6 cm³/mol. The minimum atomic E-state index is -0.749. The molecule has 1 N–H and O–H groups in total. The van der Waals surface area contributed by atoms with E-state index >= 15 is 0 Å². The van der Waals surface area contributed by atoms with Crippen LogP contribution >= 0.6 is 0 Å². The summed E-state index contributed by atoms with van der Waals surface area (Å²) in [5, 5.41) is 8.78. The molecule has 0 saturated carbocycles. The maximum Gasteiger partial charge on any atom is 0.303 e. The number of hydrogen-bond acceptors (Lipinski definition) is 2. The normalized spacial score (nSPS) is 19.7. The third kappa shape index (κ3) is 4.86. The van der Waals surface area contributed by atoms with Gasteiger partial charge in [0.2, 0.25) is 5.91 Å². The summed E-state index contributed by atoms with van der Waals surface area (Å²) < 4.78 is 0. The largest absolute Gasteiger partial charge is 0.481 e. The molecule has 1 saturated heterocycles. The number of likely N-dealkylation sites (tertiary alicyclic amines) is 1. The number of aliphatic carboxylic acids is 1. The Balaban J connectivity index is 1.85. The molecule has 120 valence electrons. The van der Waals surface area contributed by atoms with Crippen molar-refractivity contribution in [3.63, 3.8) is 0 Å². The Labute approximate surface area is 132 Å². The summed E-state index contributed by atoms with van der Waals surface area (Å²) in [6.07, 6.45) is 3.41. The van der Waals surface area contributed by atoms with Gasteiger partial charge in [-0.25, -0.2) is 0 Å². The lowest BCUT2D eigenvalue weighted by Crippen LogP contribution is -2.40. The highest BCUT2D eigenvalue weighted by molar-refractivity contribution is 5.77. The molecular formula is C18H25NO3. The van der Waals surface area contributed by atoms with E-state index in [0.29, 0.717) is 25.3 Å². The van der Waals surface area contributed by atoms with Crippen molar-refractivity contribution in [2.75, 3.05) is 13.1 Å². The van der Waals surface area contributed by atoms with Gasteiger partial charge in [-0.1, -0.05) is 37.3 Å². The van der Waals surface area contributed by atoms with Gasteiger partial charge in [-0.2, -0.15) is 0 Å². The van der Waals surface area contributed by atoms with Crippen molar-refractivity contribution in [1.29, 1.82) is 0 Å². The first-order valence-electron chi connectivity index (χ1n) is 8.10. The summed E-state index contributed by atoms with van der Waals surface area (Å²) in [5.41, 5.74) is 1.19. The molecule has 0 aromatic heterocycles. The zero-order valence-corrected chi connectivity index (χ0v) is 13.2. The molecule has 1 amide bonds. The van der Waals surface area contributed by atoms with Crippen molar-refractivity contribution >= 4 is 11.9 Å². The number of nitrogens with zero attached hydrogens (tertiary/aromatic N) is 1. The molecule has 1 fully saturated rings. The molecule has 0 radical (unpaired) electrons. The highest BCUT2D eigenvalue weighted by atomic mass is 16.4. The van der Waals surface area contributed by atoms with Crippen LogP contribution < -0.4 is 0 Å². The first-order valence-corrected chi connectivity index (χ1v) is 8.10. The average Bonchev–Trinajstić information content (AvgIpc) is 2.54. The number of hydrogen-bond donors (Lipinski definition) is 1. The molecule has 1 heterocycles. The maximum absolute atomic E-state index is 12.5. The van der Waals surface area contributed by atoms with Gasteiger partial charge >= 0.3 is 5.97 Å². The van der Waals surface area contributed by atoms with Gasteiger partial charge in [-0.3, -0.25) is 9.59 Å². The highest BCUT2D eigenvalue weighted by Gasteiger charge is 2.25. The van der Waals surface area contributed by atoms with Crippen molar-refractivity contribution in [3.8, 4) is 0 Å². The minimum Gasteiger partial charge on any atom is -0.481 e. The molecule has 1 aliphatic rings. The van der Waals surface area contributed by atoms with Crippen LogP contribution in [0.5, 0.6) is 0 Å². The van der Waals surface area contributed by atoms with Gasteiger partial charge in [0.1, 0.15) is 0 Å². The fourth-order valence-corrected chi connectivity index (χ4v) is 3.15. The Bertz CT molecular complexity index is 500. The highest BCUT2D eigenvalue weighted by Crippen LogP contribution is 2.24. The molecule has 0 unspecified atom stereocenters. The lowest BCUT2D eigenvalue weighted by atomic mass is 9.92. The number of carboxylic acids is 1. The monoisotopic (exact) mass is 303 g/mol. The van der Waals surface area contributed by atoms with Crippen molar-refractivity contribution in [3.05, 3.63) is 35.9 Å². The molecule has 4 heteroatoms. The Morgan fingerprint density at radius 2 is 2.05 bits per heavy atom. The molecule has 22 heavy (non-hydrogen) atoms. The molecule has 1 aromatic carbocycles. The molecule has 0 bridgehead atoms. The maximum atomic E-state index is 12.5. The van der Waals surface area contributed by atoms with Crippen LogP contribution in [0.2, 0.25) is 0 Å². The van der Waals surface area contributed by atoms with Crippen LogP contribution in [0, 0.1) is 5.92 Å². The number of benzene rings is 1. The molecule has 0 aliphatic carbocycles. The summed E-state index contributed by atoms with van der Waals surface area (Å²) in [7, 11) is 0. The molecular weight excluding hydrogens is 278 g/mol. The second-order valence-corrected chi connectivity index (χ2v) is 6.30. The van der Waals surface area contributed by atoms with Crippen LogP contribution in [0.3, 0.4) is 0 Å². The molecule has 2 rings (SSSR count). The van der Waals surface area contributed by atoms with Gasteiger partial charge in [0, 0.05) is 25.9 Å². The van der Waals surface area contributed by atoms with Crippen LogP contribution in [0.25, 0.3) is 0 Å². The van der Waals surface area contributed by atoms with E-state index in [0.717, 1.165) is 19.4 Å². The van der Waals surface area contributed by atoms with Crippen LogP contribution in [-0.4, -0.2) is 35.0 Å². The topological polar surface area (TPSA) is 57.6 Å². The van der Waals surface area contributed by atoms with Crippen LogP contribution in [0.15, 0.2) is 30.3 Å². The molecule has 2 atom stereocenters. The average molecular weight is 303 g/mol. The van der Waals surface area contributed by atoms with E-state index in [1.807, 2.05) is 23.1 Å². The van der Waals surface area contributed by atoms with E-state index in [1.165, 1.54) is 5.56 Å². The van der Waals surface area contributed by atoms with Gasteiger partial charge in [-0.15, -0.1) is 0 Å². The lowest BCUT2D eigenvalue weighted by Gasteiger charge is -2.33. The minimum absolute atomic E-state index is 0.191. The Morgan fingerprint density at radius 1 is 1.32 bits per heavy atom. The van der Waals surface area contributed by atoms with Crippen LogP contribution in [-0.2, 0) is 9.59 Å². The number of carbonyl (C=O) groups excluding carboxylic acids is 1. The third-order valence-electron chi connectivity index (χ3n) is 4.49. The predicted octanol–water partition coefficient (Wildman–Crippen LogP) is 3.28. The lowest BCUT2D eigenvalue weighted by molar-refractivity contribution is -0.137. The van der Waals surface area contributed by atoms with Gasteiger partial charge in [-0.05, 0) is 36.7 Å². The standard InChI is InChI=1S/C18H25NO3/c1-14(16-7-3-2-4-8-16)12-17(20)19-11-5-6-15(13-19)9-10-18(21)22/h2-4,7-8,14-15H,5-6,9-13H2,1H3,(H,21,22)/t14-,15+/m0/s1. The van der Waals surface area contributed by atoms with Crippen LogP contribution in [0.4, 0.5) is 0 Å². The van der Waals surface area contributed by atoms with Gasteiger partial charge in [0.25, 0.3) is 0 Å². The van der Waals surface area contributed by atoms with Gasteiger partial charge in [0.15, 0.2) is 0 Å². The summed E-state index contributed by atoms with van der Waals surface area (Å²) in [6.45, 7) is 3.61. The smallest absolute Gasteiger partial charge is 0.303 e. The number of carboxylic acid groups (broad SMARTS) is 1. The fourth-order valence-electron chi connectivity index (χ4n) is 3.15. The zero-order chi connectivity index (χ0) is 15.9. The summed E-state index contributed by atoms with van der Waals surface area (Å²) >= 11 is 0. The van der Waals surface area contributed by atoms with Crippen LogP contribution in [0.1, 0.15) is 50.5 Å². The second-order valence-electron chi connectivity index (χ2n) is 6.30. The summed E-state index contributed by atoms with van der Waals surface area (Å²) in [4.78, 5) is 25.1. The number of rotatable bonds is 6. The number of carbonyl (C=O) groups is 2.